The van der Waals surface area contributed by atoms with Crippen LogP contribution in [0, 0.1) is 6.92 Å². The molecule has 2 heterocycles. The van der Waals surface area contributed by atoms with E-state index in [4.69, 9.17) is 13.9 Å². The van der Waals surface area contributed by atoms with E-state index in [1.807, 2.05) is 31.2 Å². The molecule has 2 aromatic heterocycles. The van der Waals surface area contributed by atoms with E-state index in [1.54, 1.807) is 19.1 Å². The maximum atomic E-state index is 12.8. The summed E-state index contributed by atoms with van der Waals surface area (Å²) in [6, 6.07) is 11.1. The number of fused-ring (bicyclic) bond motifs is 1. The van der Waals surface area contributed by atoms with Crippen molar-refractivity contribution in [1.29, 1.82) is 0 Å². The summed E-state index contributed by atoms with van der Waals surface area (Å²) in [5.74, 6) is 0.663. The molecular formula is C24H25NO5S. The Hall–Kier alpha value is -3.06. The smallest absolute Gasteiger partial charge is 0.341 e. The van der Waals surface area contributed by atoms with Crippen molar-refractivity contribution in [2.75, 3.05) is 11.9 Å². The molecule has 0 spiro atoms. The standard InChI is InChI=1S/C24H25NO5S/c1-3-28-24(27)21-18-6-4-5-7-20(18)31-23(21)25-22(26)19-13-12-17(30-19)14-29-16-10-8-15(2)9-11-16/h8-13H,3-7,14H2,1-2H3,(H,25,26). The molecule has 1 aliphatic carbocycles. The molecule has 1 aromatic carbocycles. The Bertz CT molecular complexity index is 1080. The molecule has 0 aliphatic heterocycles. The van der Waals surface area contributed by atoms with Gasteiger partial charge in [-0.3, -0.25) is 4.79 Å². The highest BCUT2D eigenvalue weighted by atomic mass is 32.1. The fourth-order valence-corrected chi connectivity index (χ4v) is 4.88. The number of carbonyl (C=O) groups excluding carboxylic acids is 2. The van der Waals surface area contributed by atoms with Gasteiger partial charge in [0.2, 0.25) is 0 Å². The van der Waals surface area contributed by atoms with Gasteiger partial charge in [0.1, 0.15) is 23.1 Å². The highest BCUT2D eigenvalue weighted by Gasteiger charge is 2.28. The number of hydrogen-bond donors (Lipinski definition) is 1. The number of furan rings is 1. The Morgan fingerprint density at radius 1 is 1.10 bits per heavy atom. The van der Waals surface area contributed by atoms with Gasteiger partial charge in [-0.05, 0) is 69.4 Å². The third-order valence-electron chi connectivity index (χ3n) is 5.17. The van der Waals surface area contributed by atoms with Gasteiger partial charge < -0.3 is 19.2 Å². The molecule has 3 aromatic rings. The Morgan fingerprint density at radius 2 is 1.87 bits per heavy atom. The van der Waals surface area contributed by atoms with E-state index in [1.165, 1.54) is 11.3 Å². The van der Waals surface area contributed by atoms with Crippen LogP contribution in [0.15, 0.2) is 40.8 Å². The topological polar surface area (TPSA) is 77.8 Å². The van der Waals surface area contributed by atoms with E-state index < -0.39 is 5.91 Å². The minimum atomic E-state index is -0.397. The minimum Gasteiger partial charge on any atom is -0.486 e. The molecule has 0 bridgehead atoms. The van der Waals surface area contributed by atoms with Gasteiger partial charge in [0.05, 0.1) is 12.2 Å². The summed E-state index contributed by atoms with van der Waals surface area (Å²) < 4.78 is 16.6. The molecule has 0 fully saturated rings. The van der Waals surface area contributed by atoms with Crippen LogP contribution in [0.2, 0.25) is 0 Å². The molecule has 0 saturated heterocycles. The van der Waals surface area contributed by atoms with Gasteiger partial charge in [-0.15, -0.1) is 11.3 Å². The predicted octanol–water partition coefficient (Wildman–Crippen LogP) is 5.54. The maximum absolute atomic E-state index is 12.8. The first-order valence-corrected chi connectivity index (χ1v) is 11.3. The van der Waals surface area contributed by atoms with Crippen molar-refractivity contribution in [3.63, 3.8) is 0 Å². The van der Waals surface area contributed by atoms with E-state index in [0.717, 1.165) is 47.4 Å². The molecule has 162 valence electrons. The Labute approximate surface area is 185 Å². The highest BCUT2D eigenvalue weighted by molar-refractivity contribution is 7.17. The van der Waals surface area contributed by atoms with Crippen molar-refractivity contribution in [3.8, 4) is 5.75 Å². The average molecular weight is 440 g/mol. The molecule has 31 heavy (non-hydrogen) atoms. The zero-order valence-corrected chi connectivity index (χ0v) is 18.5. The van der Waals surface area contributed by atoms with Crippen LogP contribution in [0.25, 0.3) is 0 Å². The fraction of sp³-hybridized carbons (Fsp3) is 0.333. The summed E-state index contributed by atoms with van der Waals surface area (Å²) in [7, 11) is 0. The van der Waals surface area contributed by atoms with Crippen molar-refractivity contribution >= 4 is 28.2 Å². The van der Waals surface area contributed by atoms with Crippen LogP contribution in [0.3, 0.4) is 0 Å². The fourth-order valence-electron chi connectivity index (χ4n) is 3.60. The number of amides is 1. The molecule has 7 heteroatoms. The van der Waals surface area contributed by atoms with Crippen molar-refractivity contribution in [2.24, 2.45) is 0 Å². The highest BCUT2D eigenvalue weighted by Crippen LogP contribution is 2.38. The lowest BCUT2D eigenvalue weighted by molar-refractivity contribution is 0.0526. The van der Waals surface area contributed by atoms with Crippen LogP contribution in [0.1, 0.15) is 62.4 Å². The molecule has 0 saturated carbocycles. The van der Waals surface area contributed by atoms with Crippen LogP contribution < -0.4 is 10.1 Å². The zero-order chi connectivity index (χ0) is 21.8. The SMILES string of the molecule is CCOC(=O)c1c(NC(=O)c2ccc(COc3ccc(C)cc3)o2)sc2c1CCCC2. The molecule has 1 amide bonds. The van der Waals surface area contributed by atoms with Gasteiger partial charge in [-0.25, -0.2) is 4.79 Å². The summed E-state index contributed by atoms with van der Waals surface area (Å²) in [5, 5.41) is 3.39. The second-order valence-electron chi connectivity index (χ2n) is 7.46. The summed E-state index contributed by atoms with van der Waals surface area (Å²) in [5.41, 5.74) is 2.66. The summed E-state index contributed by atoms with van der Waals surface area (Å²) >= 11 is 1.46. The van der Waals surface area contributed by atoms with Gasteiger partial charge in [0.25, 0.3) is 5.91 Å². The minimum absolute atomic E-state index is 0.170. The lowest BCUT2D eigenvalue weighted by Gasteiger charge is -2.12. The number of aryl methyl sites for hydroxylation is 2. The summed E-state index contributed by atoms with van der Waals surface area (Å²) in [4.78, 5) is 26.5. The summed E-state index contributed by atoms with van der Waals surface area (Å²) in [6.45, 7) is 4.30. The molecule has 1 N–H and O–H groups in total. The maximum Gasteiger partial charge on any atom is 0.341 e. The molecule has 0 radical (unpaired) electrons. The number of anilines is 1. The molecule has 1 aliphatic rings. The molecule has 0 atom stereocenters. The first-order valence-electron chi connectivity index (χ1n) is 10.5. The number of rotatable bonds is 7. The molecule has 0 unspecified atom stereocenters. The van der Waals surface area contributed by atoms with E-state index in [9.17, 15) is 9.59 Å². The van der Waals surface area contributed by atoms with Gasteiger partial charge in [0.15, 0.2) is 5.76 Å². The Kier molecular flexibility index (Phi) is 6.42. The van der Waals surface area contributed by atoms with Crippen LogP contribution >= 0.6 is 11.3 Å². The van der Waals surface area contributed by atoms with E-state index in [2.05, 4.69) is 5.32 Å². The Morgan fingerprint density at radius 3 is 2.65 bits per heavy atom. The van der Waals surface area contributed by atoms with Crippen molar-refractivity contribution in [1.82, 2.24) is 0 Å². The largest absolute Gasteiger partial charge is 0.486 e. The first kappa shape index (κ1) is 21.2. The normalized spacial score (nSPS) is 12.8. The number of thiophene rings is 1. The lowest BCUT2D eigenvalue weighted by Crippen LogP contribution is -2.15. The second-order valence-corrected chi connectivity index (χ2v) is 8.56. The van der Waals surface area contributed by atoms with Crippen LogP contribution in [-0.4, -0.2) is 18.5 Å². The number of hydrogen-bond acceptors (Lipinski definition) is 6. The van der Waals surface area contributed by atoms with E-state index in [0.29, 0.717) is 22.9 Å². The average Bonchev–Trinajstić information content (AvgIpc) is 3.38. The Balaban J connectivity index is 1.46. The molecule has 6 nitrogen and oxygen atoms in total. The molecular weight excluding hydrogens is 414 g/mol. The predicted molar refractivity (Wildman–Crippen MR) is 119 cm³/mol. The van der Waals surface area contributed by atoms with Crippen molar-refractivity contribution in [2.45, 2.75) is 46.1 Å². The zero-order valence-electron chi connectivity index (χ0n) is 17.7. The first-order chi connectivity index (χ1) is 15.0. The third-order valence-corrected chi connectivity index (χ3v) is 6.37. The van der Waals surface area contributed by atoms with Crippen LogP contribution in [0.5, 0.6) is 5.75 Å². The van der Waals surface area contributed by atoms with Gasteiger partial charge in [-0.2, -0.15) is 0 Å². The number of benzene rings is 1. The number of carbonyl (C=O) groups is 2. The van der Waals surface area contributed by atoms with Gasteiger partial charge in [-0.1, -0.05) is 17.7 Å². The molecule has 4 rings (SSSR count). The van der Waals surface area contributed by atoms with Crippen molar-refractivity contribution in [3.05, 3.63) is 69.5 Å². The van der Waals surface area contributed by atoms with Gasteiger partial charge >= 0.3 is 5.97 Å². The third kappa shape index (κ3) is 4.82. The second kappa shape index (κ2) is 9.39. The van der Waals surface area contributed by atoms with E-state index >= 15 is 0 Å². The van der Waals surface area contributed by atoms with Crippen molar-refractivity contribution < 1.29 is 23.5 Å². The quantitative estimate of drug-likeness (QED) is 0.489. The monoisotopic (exact) mass is 439 g/mol. The number of esters is 1. The van der Waals surface area contributed by atoms with Crippen LogP contribution in [-0.2, 0) is 24.2 Å². The van der Waals surface area contributed by atoms with Gasteiger partial charge in [0, 0.05) is 4.88 Å². The summed E-state index contributed by atoms with van der Waals surface area (Å²) in [6.07, 6.45) is 3.87. The van der Waals surface area contributed by atoms with Crippen LogP contribution in [0.4, 0.5) is 5.00 Å². The van der Waals surface area contributed by atoms with E-state index in [-0.39, 0.29) is 18.3 Å². The number of ether oxygens (including phenoxy) is 2. The lowest BCUT2D eigenvalue weighted by atomic mass is 9.95. The number of nitrogens with one attached hydrogen (secondary N) is 1.